The van der Waals surface area contributed by atoms with Gasteiger partial charge in [-0.1, -0.05) is 30.3 Å². The average molecular weight is 313 g/mol. The molecule has 1 N–H and O–H groups in total. The van der Waals surface area contributed by atoms with E-state index in [4.69, 9.17) is 4.74 Å². The molecule has 4 aliphatic carbocycles. The van der Waals surface area contributed by atoms with Crippen LogP contribution in [0.1, 0.15) is 44.1 Å². The summed E-state index contributed by atoms with van der Waals surface area (Å²) in [5.74, 6) is 2.34. The zero-order chi connectivity index (χ0) is 15.9. The number of benzene rings is 1. The molecule has 0 aromatic heterocycles. The van der Waals surface area contributed by atoms with Gasteiger partial charge in [-0.05, 0) is 61.8 Å². The van der Waals surface area contributed by atoms with Crippen LogP contribution in [0.4, 0.5) is 0 Å². The van der Waals surface area contributed by atoms with Crippen molar-refractivity contribution in [2.45, 2.75) is 50.6 Å². The molecular formula is C20H27NO2. The lowest BCUT2D eigenvalue weighted by molar-refractivity contribution is -0.149. The van der Waals surface area contributed by atoms with E-state index in [2.05, 4.69) is 35.6 Å². The maximum atomic E-state index is 12.5. The Morgan fingerprint density at radius 1 is 1.09 bits per heavy atom. The molecule has 4 fully saturated rings. The SMILES string of the molecule is COC(=O)C1CC2C[C@@H]3C[C@H](C2)CC1(NCc1ccccc1)C3. The van der Waals surface area contributed by atoms with Crippen molar-refractivity contribution in [2.75, 3.05) is 7.11 Å². The summed E-state index contributed by atoms with van der Waals surface area (Å²) >= 11 is 0. The van der Waals surface area contributed by atoms with Crippen molar-refractivity contribution in [2.24, 2.45) is 23.7 Å². The molecule has 5 rings (SSSR count). The summed E-state index contributed by atoms with van der Waals surface area (Å²) in [5.41, 5.74) is 1.24. The number of fused-ring (bicyclic) bond motifs is 1. The fourth-order valence-corrected chi connectivity index (χ4v) is 5.79. The molecule has 0 radical (unpaired) electrons. The van der Waals surface area contributed by atoms with Crippen molar-refractivity contribution in [1.29, 1.82) is 0 Å². The molecule has 3 nitrogen and oxygen atoms in total. The van der Waals surface area contributed by atoms with Gasteiger partial charge in [0.2, 0.25) is 0 Å². The van der Waals surface area contributed by atoms with Crippen LogP contribution < -0.4 is 5.32 Å². The highest BCUT2D eigenvalue weighted by atomic mass is 16.5. The Balaban J connectivity index is 1.61. The van der Waals surface area contributed by atoms with Crippen LogP contribution in [0.2, 0.25) is 0 Å². The van der Waals surface area contributed by atoms with Gasteiger partial charge < -0.3 is 10.1 Å². The third-order valence-corrected chi connectivity index (χ3v) is 6.52. The predicted octanol–water partition coefficient (Wildman–Crippen LogP) is 3.53. The topological polar surface area (TPSA) is 38.3 Å². The van der Waals surface area contributed by atoms with Gasteiger partial charge in [-0.15, -0.1) is 0 Å². The van der Waals surface area contributed by atoms with Gasteiger partial charge in [0.25, 0.3) is 0 Å². The minimum atomic E-state index is -0.0538. The summed E-state index contributed by atoms with van der Waals surface area (Å²) in [4.78, 5) is 12.5. The van der Waals surface area contributed by atoms with Gasteiger partial charge in [0.15, 0.2) is 0 Å². The Morgan fingerprint density at radius 3 is 2.39 bits per heavy atom. The van der Waals surface area contributed by atoms with E-state index >= 15 is 0 Å². The average Bonchev–Trinajstić information content (AvgIpc) is 2.74. The third-order valence-electron chi connectivity index (χ3n) is 6.52. The van der Waals surface area contributed by atoms with Gasteiger partial charge >= 0.3 is 5.97 Å². The number of nitrogens with one attached hydrogen (secondary N) is 1. The van der Waals surface area contributed by atoms with Crippen LogP contribution in [0.5, 0.6) is 0 Å². The molecule has 124 valence electrons. The van der Waals surface area contributed by atoms with Crippen molar-refractivity contribution in [3.63, 3.8) is 0 Å². The van der Waals surface area contributed by atoms with E-state index in [1.807, 2.05) is 0 Å². The van der Waals surface area contributed by atoms with Gasteiger partial charge in [0.05, 0.1) is 13.0 Å². The number of carbonyl (C=O) groups is 1. The first-order valence-corrected chi connectivity index (χ1v) is 9.05. The normalized spacial score (nSPS) is 38.3. The van der Waals surface area contributed by atoms with Crippen molar-refractivity contribution in [3.05, 3.63) is 35.9 Å². The van der Waals surface area contributed by atoms with Gasteiger partial charge in [-0.25, -0.2) is 0 Å². The van der Waals surface area contributed by atoms with Gasteiger partial charge in [-0.2, -0.15) is 0 Å². The summed E-state index contributed by atoms with van der Waals surface area (Å²) in [6, 6.07) is 10.5. The third kappa shape index (κ3) is 2.80. The van der Waals surface area contributed by atoms with Gasteiger partial charge in [0.1, 0.15) is 0 Å². The van der Waals surface area contributed by atoms with Crippen LogP contribution in [-0.4, -0.2) is 18.6 Å². The smallest absolute Gasteiger partial charge is 0.310 e. The molecule has 1 aromatic carbocycles. The first kappa shape index (κ1) is 15.2. The fourth-order valence-electron chi connectivity index (χ4n) is 5.79. The van der Waals surface area contributed by atoms with Crippen molar-refractivity contribution >= 4 is 5.97 Å². The Labute approximate surface area is 138 Å². The van der Waals surface area contributed by atoms with Crippen LogP contribution in [0, 0.1) is 23.7 Å². The van der Waals surface area contributed by atoms with Crippen molar-refractivity contribution in [3.8, 4) is 0 Å². The second-order valence-corrected chi connectivity index (χ2v) is 8.02. The minimum absolute atomic E-state index is 0.00115. The van der Waals surface area contributed by atoms with Gasteiger partial charge in [0, 0.05) is 12.1 Å². The second kappa shape index (κ2) is 5.94. The maximum absolute atomic E-state index is 12.5. The maximum Gasteiger partial charge on any atom is 0.310 e. The molecule has 3 unspecified atom stereocenters. The molecule has 23 heavy (non-hydrogen) atoms. The molecule has 0 saturated heterocycles. The van der Waals surface area contributed by atoms with Crippen LogP contribution in [0.3, 0.4) is 0 Å². The largest absolute Gasteiger partial charge is 0.469 e. The summed E-state index contributed by atoms with van der Waals surface area (Å²) in [6.07, 6.45) is 7.32. The Bertz CT molecular complexity index is 556. The minimum Gasteiger partial charge on any atom is -0.469 e. The highest BCUT2D eigenvalue weighted by Gasteiger charge is 2.54. The Kier molecular flexibility index (Phi) is 3.92. The fraction of sp³-hybridized carbons (Fsp3) is 0.650. The summed E-state index contributed by atoms with van der Waals surface area (Å²) < 4.78 is 5.20. The van der Waals surface area contributed by atoms with Crippen molar-refractivity contribution < 1.29 is 9.53 Å². The molecule has 0 aliphatic heterocycles. The lowest BCUT2D eigenvalue weighted by Crippen LogP contribution is -2.56. The molecule has 4 bridgehead atoms. The van der Waals surface area contributed by atoms with Gasteiger partial charge in [-0.3, -0.25) is 4.79 Å². The Morgan fingerprint density at radius 2 is 1.74 bits per heavy atom. The van der Waals surface area contributed by atoms with Crippen molar-refractivity contribution in [1.82, 2.24) is 5.32 Å². The number of methoxy groups -OCH3 is 1. The quantitative estimate of drug-likeness (QED) is 0.864. The monoisotopic (exact) mass is 313 g/mol. The zero-order valence-electron chi connectivity index (χ0n) is 14.0. The molecule has 4 saturated carbocycles. The summed E-state index contributed by atoms with van der Waals surface area (Å²) in [7, 11) is 1.54. The molecular weight excluding hydrogens is 286 g/mol. The first-order chi connectivity index (χ1) is 11.2. The Hall–Kier alpha value is -1.35. The number of carbonyl (C=O) groups excluding carboxylic acids is 1. The summed E-state index contributed by atoms with van der Waals surface area (Å²) in [6.45, 7) is 0.846. The standard InChI is InChI=1S/C20H27NO2/c1-23-19(22)18-10-15-7-16-9-17(8-15)12-20(18,11-16)21-13-14-5-3-2-4-6-14/h2-6,15-18,21H,7-13H2,1H3/t15?,16-,17+,18?,20?. The highest BCUT2D eigenvalue weighted by Crippen LogP contribution is 2.55. The summed E-state index contributed by atoms with van der Waals surface area (Å²) in [5, 5.41) is 3.84. The van der Waals surface area contributed by atoms with E-state index in [1.54, 1.807) is 7.11 Å². The number of rotatable bonds is 4. The molecule has 3 heteroatoms. The van der Waals surface area contributed by atoms with E-state index in [0.717, 1.165) is 43.6 Å². The molecule has 0 heterocycles. The number of ether oxygens (including phenoxy) is 1. The second-order valence-electron chi connectivity index (χ2n) is 8.02. The lowest BCUT2D eigenvalue weighted by Gasteiger charge is -2.47. The first-order valence-electron chi connectivity index (χ1n) is 9.05. The van der Waals surface area contributed by atoms with Crippen LogP contribution in [-0.2, 0) is 16.1 Å². The molecule has 0 spiro atoms. The molecule has 4 aliphatic rings. The predicted molar refractivity (Wildman–Crippen MR) is 89.7 cm³/mol. The van der Waals surface area contributed by atoms with E-state index in [9.17, 15) is 4.79 Å². The highest BCUT2D eigenvalue weighted by molar-refractivity contribution is 5.74. The van der Waals surface area contributed by atoms with E-state index in [1.165, 1.54) is 24.8 Å². The zero-order valence-corrected chi connectivity index (χ0v) is 14.0. The lowest BCUT2D eigenvalue weighted by atomic mass is 9.63. The van der Waals surface area contributed by atoms with E-state index in [-0.39, 0.29) is 17.4 Å². The van der Waals surface area contributed by atoms with Crippen LogP contribution >= 0.6 is 0 Å². The number of hydrogen-bond acceptors (Lipinski definition) is 3. The molecule has 0 amide bonds. The van der Waals surface area contributed by atoms with E-state index in [0.29, 0.717) is 0 Å². The number of hydrogen-bond donors (Lipinski definition) is 1. The molecule has 1 aromatic rings. The van der Waals surface area contributed by atoms with E-state index < -0.39 is 0 Å². The van der Waals surface area contributed by atoms with Crippen LogP contribution in [0.15, 0.2) is 30.3 Å². The molecule has 5 atom stereocenters. The number of esters is 1. The van der Waals surface area contributed by atoms with Crippen LogP contribution in [0.25, 0.3) is 0 Å².